The van der Waals surface area contributed by atoms with Gasteiger partial charge in [0.2, 0.25) is 0 Å². The second-order valence-electron chi connectivity index (χ2n) is 6.07. The molecule has 0 aliphatic carbocycles. The summed E-state index contributed by atoms with van der Waals surface area (Å²) in [5, 5.41) is 4.15. The van der Waals surface area contributed by atoms with Gasteiger partial charge in [-0.25, -0.2) is 4.39 Å². The molecule has 0 saturated heterocycles. The molecule has 3 aromatic rings. The van der Waals surface area contributed by atoms with E-state index in [2.05, 4.69) is 16.0 Å². The summed E-state index contributed by atoms with van der Waals surface area (Å²) < 4.78 is 19.9. The molecule has 2 aromatic carbocycles. The van der Waals surface area contributed by atoms with Crippen LogP contribution in [0.1, 0.15) is 22.8 Å². The molecule has 2 amide bonds. The van der Waals surface area contributed by atoms with Gasteiger partial charge in [-0.05, 0) is 36.8 Å². The molecule has 8 heteroatoms. The number of ether oxygens (including phenoxy) is 1. The Hall–Kier alpha value is -3.68. The number of carbonyl (C=O) groups is 2. The second kappa shape index (κ2) is 8.81. The fourth-order valence-corrected chi connectivity index (χ4v) is 2.40. The van der Waals surface area contributed by atoms with Crippen LogP contribution in [0.15, 0.2) is 67.0 Å². The molecule has 0 radical (unpaired) electrons. The first-order chi connectivity index (χ1) is 13.5. The van der Waals surface area contributed by atoms with Crippen LogP contribution in [0.4, 0.5) is 4.39 Å². The number of nitrogens with one attached hydrogen (secondary N) is 2. The minimum atomic E-state index is -0.883. The van der Waals surface area contributed by atoms with Crippen molar-refractivity contribution in [3.63, 3.8) is 0 Å². The molecule has 0 unspecified atom stereocenters. The maximum atomic E-state index is 12.9. The molecule has 0 spiro atoms. The third-order valence-corrected chi connectivity index (χ3v) is 3.88. The predicted octanol–water partition coefficient (Wildman–Crippen LogP) is 2.30. The molecule has 0 fully saturated rings. The van der Waals surface area contributed by atoms with E-state index in [4.69, 9.17) is 4.74 Å². The monoisotopic (exact) mass is 382 g/mol. The van der Waals surface area contributed by atoms with E-state index >= 15 is 0 Å². The maximum absolute atomic E-state index is 12.9. The molecular weight excluding hydrogens is 363 g/mol. The van der Waals surface area contributed by atoms with Gasteiger partial charge in [-0.15, -0.1) is 0 Å². The molecule has 1 aromatic heterocycles. The maximum Gasteiger partial charge on any atom is 0.279 e. The quantitative estimate of drug-likeness (QED) is 0.641. The number of carbonyl (C=O) groups excluding carboxylic acids is 2. The number of halogens is 1. The molecular formula is C20H19FN4O3. The van der Waals surface area contributed by atoms with E-state index in [-0.39, 0.29) is 0 Å². The second-order valence-corrected chi connectivity index (χ2v) is 6.07. The lowest BCUT2D eigenvalue weighted by atomic mass is 10.2. The Bertz CT molecular complexity index is 942. The van der Waals surface area contributed by atoms with Crippen LogP contribution in [0.3, 0.4) is 0 Å². The van der Waals surface area contributed by atoms with Crippen molar-refractivity contribution in [3.05, 3.63) is 83.9 Å². The van der Waals surface area contributed by atoms with Crippen LogP contribution in [0, 0.1) is 5.82 Å². The summed E-state index contributed by atoms with van der Waals surface area (Å²) in [7, 11) is 0. The van der Waals surface area contributed by atoms with E-state index in [0.717, 1.165) is 5.56 Å². The first-order valence-corrected chi connectivity index (χ1v) is 8.60. The summed E-state index contributed by atoms with van der Waals surface area (Å²) in [5.74, 6) is -1.10. The van der Waals surface area contributed by atoms with Crippen LogP contribution in [-0.4, -0.2) is 27.7 Å². The number of aromatic nitrogens is 2. The summed E-state index contributed by atoms with van der Waals surface area (Å²) >= 11 is 0. The molecule has 0 saturated carbocycles. The zero-order valence-electron chi connectivity index (χ0n) is 15.1. The lowest BCUT2D eigenvalue weighted by Crippen LogP contribution is -2.47. The lowest BCUT2D eigenvalue weighted by molar-refractivity contribution is -0.128. The van der Waals surface area contributed by atoms with E-state index in [0.29, 0.717) is 17.9 Å². The highest BCUT2D eigenvalue weighted by Crippen LogP contribution is 2.13. The van der Waals surface area contributed by atoms with Crippen molar-refractivity contribution in [2.24, 2.45) is 0 Å². The fraction of sp³-hybridized carbons (Fsp3) is 0.150. The minimum absolute atomic E-state index is 0.309. The molecule has 0 bridgehead atoms. The van der Waals surface area contributed by atoms with Crippen molar-refractivity contribution in [2.75, 3.05) is 0 Å². The number of amides is 2. The van der Waals surface area contributed by atoms with E-state index in [9.17, 15) is 14.0 Å². The molecule has 144 valence electrons. The van der Waals surface area contributed by atoms with Crippen LogP contribution in [-0.2, 0) is 11.3 Å². The van der Waals surface area contributed by atoms with Crippen LogP contribution in [0.25, 0.3) is 0 Å². The van der Waals surface area contributed by atoms with E-state index in [1.165, 1.54) is 37.4 Å². The number of hydrogen-bond donors (Lipinski definition) is 2. The molecule has 0 aliphatic rings. The highest BCUT2D eigenvalue weighted by molar-refractivity contribution is 5.95. The molecule has 28 heavy (non-hydrogen) atoms. The third kappa shape index (κ3) is 5.16. The topological polar surface area (TPSA) is 85.2 Å². The van der Waals surface area contributed by atoms with E-state index < -0.39 is 23.7 Å². The Labute approximate surface area is 161 Å². The van der Waals surface area contributed by atoms with Crippen molar-refractivity contribution < 1.29 is 18.7 Å². The minimum Gasteiger partial charge on any atom is -0.481 e. The third-order valence-electron chi connectivity index (χ3n) is 3.88. The van der Waals surface area contributed by atoms with Gasteiger partial charge in [0.1, 0.15) is 11.6 Å². The first kappa shape index (κ1) is 19.1. The molecule has 1 heterocycles. The molecule has 0 aliphatic heterocycles. The highest BCUT2D eigenvalue weighted by atomic mass is 19.1. The Morgan fingerprint density at radius 2 is 1.82 bits per heavy atom. The first-order valence-electron chi connectivity index (χ1n) is 8.60. The van der Waals surface area contributed by atoms with Crippen LogP contribution >= 0.6 is 0 Å². The number of benzene rings is 2. The van der Waals surface area contributed by atoms with Crippen LogP contribution in [0.5, 0.6) is 5.75 Å². The van der Waals surface area contributed by atoms with Crippen molar-refractivity contribution in [1.29, 1.82) is 0 Å². The van der Waals surface area contributed by atoms with Gasteiger partial charge in [0, 0.05) is 6.20 Å². The molecule has 1 atom stereocenters. The van der Waals surface area contributed by atoms with Gasteiger partial charge in [0.05, 0.1) is 18.3 Å². The molecule has 7 nitrogen and oxygen atoms in total. The van der Waals surface area contributed by atoms with Gasteiger partial charge in [0.15, 0.2) is 6.10 Å². The van der Waals surface area contributed by atoms with Gasteiger partial charge >= 0.3 is 0 Å². The Morgan fingerprint density at radius 3 is 2.54 bits per heavy atom. The summed E-state index contributed by atoms with van der Waals surface area (Å²) in [6, 6.07) is 15.0. The SMILES string of the molecule is C[C@H](Oc1ccc(F)cc1)C(=O)NNC(=O)c1cnn(Cc2ccccc2)c1. The smallest absolute Gasteiger partial charge is 0.279 e. The Morgan fingerprint density at radius 1 is 1.11 bits per heavy atom. The number of hydrogen-bond acceptors (Lipinski definition) is 4. The summed E-state index contributed by atoms with van der Waals surface area (Å²) in [6.45, 7) is 2.05. The summed E-state index contributed by atoms with van der Waals surface area (Å²) in [5.41, 5.74) is 5.98. The van der Waals surface area contributed by atoms with Crippen LogP contribution in [0.2, 0.25) is 0 Å². The van der Waals surface area contributed by atoms with Gasteiger partial charge in [0.25, 0.3) is 11.8 Å². The standard InChI is InChI=1S/C20H19FN4O3/c1-14(28-18-9-7-17(21)8-10-18)19(26)23-24-20(27)16-11-22-25(13-16)12-15-5-3-2-4-6-15/h2-11,13-14H,12H2,1H3,(H,23,26)(H,24,27)/t14-/m0/s1. The zero-order valence-corrected chi connectivity index (χ0v) is 15.1. The number of rotatable bonds is 6. The zero-order chi connectivity index (χ0) is 19.9. The van der Waals surface area contributed by atoms with Crippen molar-refractivity contribution >= 4 is 11.8 Å². The largest absolute Gasteiger partial charge is 0.481 e. The van der Waals surface area contributed by atoms with Gasteiger partial charge in [-0.3, -0.25) is 25.1 Å². The van der Waals surface area contributed by atoms with Gasteiger partial charge < -0.3 is 4.74 Å². The number of hydrazine groups is 1. The van der Waals surface area contributed by atoms with Crippen molar-refractivity contribution in [1.82, 2.24) is 20.6 Å². The fourth-order valence-electron chi connectivity index (χ4n) is 2.40. The van der Waals surface area contributed by atoms with E-state index in [1.807, 2.05) is 30.3 Å². The van der Waals surface area contributed by atoms with Gasteiger partial charge in [-0.1, -0.05) is 30.3 Å². The molecule has 2 N–H and O–H groups in total. The van der Waals surface area contributed by atoms with Crippen LogP contribution < -0.4 is 15.6 Å². The highest BCUT2D eigenvalue weighted by Gasteiger charge is 2.16. The molecule has 3 rings (SSSR count). The number of nitrogens with zero attached hydrogens (tertiary/aromatic N) is 2. The summed E-state index contributed by atoms with van der Waals surface area (Å²) in [6.07, 6.45) is 2.13. The summed E-state index contributed by atoms with van der Waals surface area (Å²) in [4.78, 5) is 24.2. The predicted molar refractivity (Wildman–Crippen MR) is 99.9 cm³/mol. The normalized spacial score (nSPS) is 11.5. The average Bonchev–Trinajstić information content (AvgIpc) is 3.17. The van der Waals surface area contributed by atoms with E-state index in [1.54, 1.807) is 10.9 Å². The Balaban J connectivity index is 1.49. The van der Waals surface area contributed by atoms with Gasteiger partial charge in [-0.2, -0.15) is 5.10 Å². The lowest BCUT2D eigenvalue weighted by Gasteiger charge is -2.14. The average molecular weight is 382 g/mol. The van der Waals surface area contributed by atoms with Crippen molar-refractivity contribution in [3.8, 4) is 5.75 Å². The Kier molecular flexibility index (Phi) is 6.01. The van der Waals surface area contributed by atoms with Crippen molar-refractivity contribution in [2.45, 2.75) is 19.6 Å².